The molecule has 45 heavy (non-hydrogen) atoms. The molecule has 248 valence electrons. The normalized spacial score (nSPS) is 17.3. The summed E-state index contributed by atoms with van der Waals surface area (Å²) in [5.74, 6) is -5.12. The molecule has 1 aliphatic heterocycles. The van der Waals surface area contributed by atoms with Crippen LogP contribution in [0.4, 0.5) is 14.5 Å². The largest absolute Gasteiger partial charge is 0.398 e. The first kappa shape index (κ1) is 37.7. The van der Waals surface area contributed by atoms with Gasteiger partial charge in [-0.15, -0.1) is 6.58 Å². The van der Waals surface area contributed by atoms with Crippen molar-refractivity contribution in [3.63, 3.8) is 0 Å². The molecule has 1 fully saturated rings. The Bertz CT molecular complexity index is 1290. The van der Waals surface area contributed by atoms with E-state index < -0.39 is 48.7 Å². The van der Waals surface area contributed by atoms with Gasteiger partial charge in [-0.05, 0) is 69.2 Å². The van der Waals surface area contributed by atoms with E-state index in [9.17, 15) is 23.2 Å². The third-order valence-corrected chi connectivity index (χ3v) is 8.15. The fourth-order valence-corrected chi connectivity index (χ4v) is 5.45. The molecular formula is C35H49ClF2N4O3. The van der Waals surface area contributed by atoms with Crippen molar-refractivity contribution >= 4 is 35.0 Å². The van der Waals surface area contributed by atoms with Crippen molar-refractivity contribution in [1.82, 2.24) is 15.5 Å². The van der Waals surface area contributed by atoms with Crippen molar-refractivity contribution in [3.8, 4) is 0 Å². The summed E-state index contributed by atoms with van der Waals surface area (Å²) >= 11 is 5.95. The minimum atomic E-state index is -3.22. The maximum atomic E-state index is 14.4. The molecule has 0 aromatic heterocycles. The lowest BCUT2D eigenvalue weighted by molar-refractivity contribution is -0.140. The molecular weight excluding hydrogens is 598 g/mol. The van der Waals surface area contributed by atoms with Crippen molar-refractivity contribution in [2.45, 2.75) is 104 Å². The van der Waals surface area contributed by atoms with E-state index in [1.165, 1.54) is 49.9 Å². The average Bonchev–Trinajstić information content (AvgIpc) is 3.32. The second-order valence-electron chi connectivity index (χ2n) is 12.1. The zero-order valence-electron chi connectivity index (χ0n) is 27.2. The maximum Gasteiger partial charge on any atom is 0.267 e. The van der Waals surface area contributed by atoms with Crippen molar-refractivity contribution in [3.05, 3.63) is 76.8 Å². The topological polar surface area (TPSA) is 105 Å². The van der Waals surface area contributed by atoms with Crippen LogP contribution in [-0.2, 0) is 16.0 Å². The second-order valence-corrected chi connectivity index (χ2v) is 12.5. The zero-order valence-corrected chi connectivity index (χ0v) is 27.9. The molecule has 1 saturated heterocycles. The van der Waals surface area contributed by atoms with Gasteiger partial charge in [-0.2, -0.15) is 0 Å². The molecule has 2 aromatic carbocycles. The Labute approximate surface area is 272 Å². The summed E-state index contributed by atoms with van der Waals surface area (Å²) in [5.41, 5.74) is 8.43. The van der Waals surface area contributed by atoms with Crippen LogP contribution in [0.2, 0.25) is 5.02 Å². The van der Waals surface area contributed by atoms with E-state index in [-0.39, 0.29) is 22.5 Å². The van der Waals surface area contributed by atoms with Crippen LogP contribution in [0.3, 0.4) is 0 Å². The van der Waals surface area contributed by atoms with Crippen molar-refractivity contribution in [2.75, 3.05) is 12.3 Å². The number of rotatable bonds is 13. The fraction of sp³-hybridized carbons (Fsp3) is 0.514. The minimum Gasteiger partial charge on any atom is -0.398 e. The van der Waals surface area contributed by atoms with Crippen molar-refractivity contribution in [2.24, 2.45) is 5.92 Å². The van der Waals surface area contributed by atoms with E-state index in [1.54, 1.807) is 0 Å². The molecule has 0 bridgehead atoms. The number of carbonyl (C=O) groups excluding carboxylic acids is 3. The molecule has 0 spiro atoms. The summed E-state index contributed by atoms with van der Waals surface area (Å²) in [4.78, 5) is 39.6. The van der Waals surface area contributed by atoms with E-state index in [2.05, 4.69) is 54.5 Å². The number of aryl methyl sites for hydroxylation is 1. The number of nitrogens with zero attached hydrogens (tertiary/aromatic N) is 1. The van der Waals surface area contributed by atoms with Crippen LogP contribution in [0.5, 0.6) is 0 Å². The molecule has 4 atom stereocenters. The monoisotopic (exact) mass is 646 g/mol. The van der Waals surface area contributed by atoms with Gasteiger partial charge in [0.1, 0.15) is 12.1 Å². The van der Waals surface area contributed by atoms with Crippen LogP contribution in [0.1, 0.15) is 89.1 Å². The molecule has 4 unspecified atom stereocenters. The van der Waals surface area contributed by atoms with Gasteiger partial charge in [0.15, 0.2) is 0 Å². The van der Waals surface area contributed by atoms with Gasteiger partial charge in [-0.1, -0.05) is 81.1 Å². The first-order valence-electron chi connectivity index (χ1n) is 15.7. The number of nitrogen functional groups attached to an aromatic ring is 1. The predicted molar refractivity (Wildman–Crippen MR) is 178 cm³/mol. The number of benzene rings is 2. The first-order chi connectivity index (χ1) is 21.2. The Hall–Kier alpha value is -3.46. The van der Waals surface area contributed by atoms with Gasteiger partial charge in [0.2, 0.25) is 11.8 Å². The Balaban J connectivity index is 0.000000596. The number of unbranched alkanes of at least 4 members (excludes halogenated alkanes) is 1. The summed E-state index contributed by atoms with van der Waals surface area (Å²) in [6.07, 6.45) is 5.32. The number of hydrogen-bond acceptors (Lipinski definition) is 4. The molecule has 10 heteroatoms. The number of halogens is 3. The minimum absolute atomic E-state index is 0.108. The van der Waals surface area contributed by atoms with Crippen LogP contribution in [0, 0.1) is 5.92 Å². The molecule has 0 radical (unpaired) electrons. The highest BCUT2D eigenvalue weighted by atomic mass is 35.5. The molecule has 7 nitrogen and oxygen atoms in total. The van der Waals surface area contributed by atoms with Crippen LogP contribution in [-0.4, -0.2) is 53.2 Å². The van der Waals surface area contributed by atoms with Gasteiger partial charge < -0.3 is 21.3 Å². The quantitative estimate of drug-likeness (QED) is 0.158. The first-order valence-corrected chi connectivity index (χ1v) is 16.1. The molecule has 2 aromatic rings. The molecule has 0 saturated carbocycles. The number of likely N-dealkylation sites (tertiary alicyclic amines) is 1. The van der Waals surface area contributed by atoms with Gasteiger partial charge in [-0.3, -0.25) is 14.4 Å². The van der Waals surface area contributed by atoms with Crippen LogP contribution < -0.4 is 16.4 Å². The Morgan fingerprint density at radius 2 is 1.76 bits per heavy atom. The lowest BCUT2D eigenvalue weighted by Gasteiger charge is -2.30. The highest BCUT2D eigenvalue weighted by Gasteiger charge is 2.51. The van der Waals surface area contributed by atoms with Crippen molar-refractivity contribution in [1.29, 1.82) is 0 Å². The van der Waals surface area contributed by atoms with Crippen LogP contribution in [0.25, 0.3) is 0 Å². The second kappa shape index (κ2) is 17.9. The number of nitrogens with two attached hydrogens (primary N) is 1. The number of alkyl halides is 2. The smallest absolute Gasteiger partial charge is 0.267 e. The fourth-order valence-electron chi connectivity index (χ4n) is 5.27. The summed E-state index contributed by atoms with van der Waals surface area (Å²) < 4.78 is 28.7. The standard InChI is InChI=1S/C25H35ClF2N4O3.C10H14/c1-6-7-15(4)20(10-14(2)3)31-23(34)21-12-25(27,28)13-32(21)24(35)16(5)30-22(33)17-8-9-19(29)18(26)11-17;1-2-3-7-10-8-5-4-6-9-10/h8-9,11,15-16,20-21H,2,6-7,10,12-13,29H2,1,3-5H3,(H,30,33)(H,31,34);4-6,8-9H,2-3,7H2,1H3. The number of nitrogens with one attached hydrogen (secondary N) is 2. The Morgan fingerprint density at radius 3 is 2.33 bits per heavy atom. The molecule has 3 amide bonds. The van der Waals surface area contributed by atoms with E-state index in [0.717, 1.165) is 23.3 Å². The van der Waals surface area contributed by atoms with Crippen molar-refractivity contribution < 1.29 is 23.2 Å². The van der Waals surface area contributed by atoms with Gasteiger partial charge in [0.25, 0.3) is 11.8 Å². The van der Waals surface area contributed by atoms with Gasteiger partial charge in [-0.25, -0.2) is 8.78 Å². The summed E-state index contributed by atoms with van der Waals surface area (Å²) in [6.45, 7) is 12.5. The highest BCUT2D eigenvalue weighted by Crippen LogP contribution is 2.33. The van der Waals surface area contributed by atoms with Crippen LogP contribution in [0.15, 0.2) is 60.7 Å². The lowest BCUT2D eigenvalue weighted by atomic mass is 9.92. The third-order valence-electron chi connectivity index (χ3n) is 7.83. The number of anilines is 1. The maximum absolute atomic E-state index is 14.4. The number of hydrogen-bond donors (Lipinski definition) is 3. The van der Waals surface area contributed by atoms with E-state index in [4.69, 9.17) is 17.3 Å². The van der Waals surface area contributed by atoms with E-state index >= 15 is 0 Å². The van der Waals surface area contributed by atoms with E-state index in [0.29, 0.717) is 12.1 Å². The number of carbonyl (C=O) groups is 3. The summed E-state index contributed by atoms with van der Waals surface area (Å²) in [7, 11) is 0. The Morgan fingerprint density at radius 1 is 1.09 bits per heavy atom. The summed E-state index contributed by atoms with van der Waals surface area (Å²) in [6, 6.07) is 12.1. The third kappa shape index (κ3) is 12.1. The predicted octanol–water partition coefficient (Wildman–Crippen LogP) is 7.19. The average molecular weight is 647 g/mol. The van der Waals surface area contributed by atoms with Gasteiger partial charge >= 0.3 is 0 Å². The number of amides is 3. The molecule has 1 heterocycles. The van der Waals surface area contributed by atoms with E-state index in [1.807, 2.05) is 20.8 Å². The van der Waals surface area contributed by atoms with Gasteiger partial charge in [0, 0.05) is 18.0 Å². The zero-order chi connectivity index (χ0) is 33.7. The molecule has 3 rings (SSSR count). The Kier molecular flexibility index (Phi) is 15.0. The molecule has 0 aliphatic carbocycles. The summed E-state index contributed by atoms with van der Waals surface area (Å²) in [5, 5.41) is 5.54. The highest BCUT2D eigenvalue weighted by molar-refractivity contribution is 6.33. The molecule has 4 N–H and O–H groups in total. The molecule has 1 aliphatic rings. The lowest BCUT2D eigenvalue weighted by Crippen LogP contribution is -2.54. The SMILES string of the molecule is C=C(C)CC(NC(=O)C1CC(F)(F)CN1C(=O)C(C)NC(=O)c1ccc(N)c(Cl)c1)C(C)CCC.CCCCc1ccccc1. The van der Waals surface area contributed by atoms with Crippen LogP contribution >= 0.6 is 11.6 Å². The van der Waals surface area contributed by atoms with Gasteiger partial charge in [0.05, 0.1) is 17.3 Å².